The maximum atomic E-state index is 6.20. The van der Waals surface area contributed by atoms with Crippen molar-refractivity contribution in [3.63, 3.8) is 0 Å². The van der Waals surface area contributed by atoms with Crippen molar-refractivity contribution in [2.45, 2.75) is 26.8 Å². The SMILES string of the molecule is CNC(c1cccc(Cl)c1Cl)C(C)(C)C. The summed E-state index contributed by atoms with van der Waals surface area (Å²) < 4.78 is 0. The number of hydrogen-bond acceptors (Lipinski definition) is 1. The first kappa shape index (κ1) is 12.8. The van der Waals surface area contributed by atoms with E-state index >= 15 is 0 Å². The van der Waals surface area contributed by atoms with Crippen molar-refractivity contribution in [3.05, 3.63) is 33.8 Å². The van der Waals surface area contributed by atoms with Gasteiger partial charge in [-0.15, -0.1) is 0 Å². The van der Waals surface area contributed by atoms with E-state index < -0.39 is 0 Å². The van der Waals surface area contributed by atoms with Gasteiger partial charge in [-0.3, -0.25) is 0 Å². The van der Waals surface area contributed by atoms with Crippen molar-refractivity contribution < 1.29 is 0 Å². The molecule has 0 fully saturated rings. The molecule has 0 aliphatic rings. The average Bonchev–Trinajstić information content (AvgIpc) is 2.11. The van der Waals surface area contributed by atoms with Gasteiger partial charge >= 0.3 is 0 Å². The molecule has 0 aliphatic heterocycles. The summed E-state index contributed by atoms with van der Waals surface area (Å²) in [6.07, 6.45) is 0. The Morgan fingerprint density at radius 3 is 2.27 bits per heavy atom. The van der Waals surface area contributed by atoms with Crippen LogP contribution in [0.3, 0.4) is 0 Å². The average molecular weight is 246 g/mol. The van der Waals surface area contributed by atoms with Gasteiger partial charge in [0.05, 0.1) is 10.0 Å². The molecule has 84 valence electrons. The van der Waals surface area contributed by atoms with Gasteiger partial charge in [0.2, 0.25) is 0 Å². The normalized spacial score (nSPS) is 14.0. The number of nitrogens with one attached hydrogen (secondary N) is 1. The Labute approximate surface area is 102 Å². The smallest absolute Gasteiger partial charge is 0.0640 e. The molecule has 0 saturated carbocycles. The third-order valence-electron chi connectivity index (χ3n) is 2.45. The number of halogens is 2. The lowest BCUT2D eigenvalue weighted by atomic mass is 9.82. The zero-order valence-electron chi connectivity index (χ0n) is 9.57. The Morgan fingerprint density at radius 1 is 1.20 bits per heavy atom. The highest BCUT2D eigenvalue weighted by molar-refractivity contribution is 6.42. The summed E-state index contributed by atoms with van der Waals surface area (Å²) in [5.74, 6) is 0. The molecule has 0 spiro atoms. The van der Waals surface area contributed by atoms with E-state index in [4.69, 9.17) is 23.2 Å². The second-order valence-electron chi connectivity index (χ2n) is 4.73. The van der Waals surface area contributed by atoms with Crippen LogP contribution in [0.1, 0.15) is 32.4 Å². The molecule has 0 saturated heterocycles. The molecule has 1 atom stereocenters. The molecular formula is C12H17Cl2N. The van der Waals surface area contributed by atoms with E-state index in [2.05, 4.69) is 26.1 Å². The second-order valence-corrected chi connectivity index (χ2v) is 5.52. The zero-order chi connectivity index (χ0) is 11.6. The molecule has 1 aromatic rings. The molecule has 1 N–H and O–H groups in total. The maximum Gasteiger partial charge on any atom is 0.0640 e. The van der Waals surface area contributed by atoms with E-state index in [9.17, 15) is 0 Å². The van der Waals surface area contributed by atoms with Crippen molar-refractivity contribution in [2.24, 2.45) is 5.41 Å². The van der Waals surface area contributed by atoms with E-state index in [0.717, 1.165) is 5.56 Å². The minimum atomic E-state index is 0.100. The number of hydrogen-bond donors (Lipinski definition) is 1. The fraction of sp³-hybridized carbons (Fsp3) is 0.500. The van der Waals surface area contributed by atoms with Crippen molar-refractivity contribution in [3.8, 4) is 0 Å². The molecule has 1 aromatic carbocycles. The molecule has 15 heavy (non-hydrogen) atoms. The molecule has 0 radical (unpaired) electrons. The van der Waals surface area contributed by atoms with Gasteiger partial charge in [0.25, 0.3) is 0 Å². The summed E-state index contributed by atoms with van der Waals surface area (Å²) in [5.41, 5.74) is 1.16. The Hall–Kier alpha value is -0.240. The summed E-state index contributed by atoms with van der Waals surface area (Å²) in [5, 5.41) is 4.54. The Morgan fingerprint density at radius 2 is 1.80 bits per heavy atom. The van der Waals surface area contributed by atoms with Gasteiger partial charge in [0.1, 0.15) is 0 Å². The monoisotopic (exact) mass is 245 g/mol. The molecule has 0 heterocycles. The van der Waals surface area contributed by atoms with Gasteiger partial charge in [-0.1, -0.05) is 56.1 Å². The molecule has 0 amide bonds. The van der Waals surface area contributed by atoms with Gasteiger partial charge in [-0.05, 0) is 24.1 Å². The van der Waals surface area contributed by atoms with Crippen LogP contribution in [0.25, 0.3) is 0 Å². The van der Waals surface area contributed by atoms with Gasteiger partial charge in [-0.2, -0.15) is 0 Å². The van der Waals surface area contributed by atoms with Crippen molar-refractivity contribution in [1.29, 1.82) is 0 Å². The minimum absolute atomic E-state index is 0.100. The van der Waals surface area contributed by atoms with Crippen LogP contribution in [-0.4, -0.2) is 7.05 Å². The summed E-state index contributed by atoms with van der Waals surface area (Å²) in [6.45, 7) is 6.52. The summed E-state index contributed by atoms with van der Waals surface area (Å²) in [6, 6.07) is 5.95. The first-order valence-electron chi connectivity index (χ1n) is 4.99. The number of benzene rings is 1. The molecule has 1 nitrogen and oxygen atoms in total. The third kappa shape index (κ3) is 2.87. The standard InChI is InChI=1S/C12H17Cl2N/c1-12(2,3)11(15-4)8-6-5-7-9(13)10(8)14/h5-7,11,15H,1-4H3. The summed E-state index contributed by atoms with van der Waals surface area (Å²) in [4.78, 5) is 0. The second kappa shape index (κ2) is 4.73. The van der Waals surface area contributed by atoms with Gasteiger partial charge in [-0.25, -0.2) is 0 Å². The molecule has 1 rings (SSSR count). The largest absolute Gasteiger partial charge is 0.313 e. The van der Waals surface area contributed by atoms with E-state index in [1.165, 1.54) is 0 Å². The summed E-state index contributed by atoms with van der Waals surface area (Å²) in [7, 11) is 1.94. The van der Waals surface area contributed by atoms with Crippen LogP contribution >= 0.6 is 23.2 Å². The maximum absolute atomic E-state index is 6.20. The molecule has 3 heteroatoms. The first-order chi connectivity index (χ1) is 6.88. The Bertz CT molecular complexity index is 342. The van der Waals surface area contributed by atoms with Crippen LogP contribution in [0.2, 0.25) is 10.0 Å². The first-order valence-corrected chi connectivity index (χ1v) is 5.74. The van der Waals surface area contributed by atoms with Crippen LogP contribution in [0.5, 0.6) is 0 Å². The predicted octanol–water partition coefficient (Wildman–Crippen LogP) is 4.30. The minimum Gasteiger partial charge on any atom is -0.313 e. The highest BCUT2D eigenvalue weighted by Gasteiger charge is 2.26. The highest BCUT2D eigenvalue weighted by atomic mass is 35.5. The van der Waals surface area contributed by atoms with E-state index in [1.807, 2.05) is 25.2 Å². The predicted molar refractivity (Wildman–Crippen MR) is 67.7 cm³/mol. The Balaban J connectivity index is 3.19. The lowest BCUT2D eigenvalue weighted by Gasteiger charge is -2.31. The van der Waals surface area contributed by atoms with E-state index in [-0.39, 0.29) is 11.5 Å². The van der Waals surface area contributed by atoms with Crippen LogP contribution in [0.4, 0.5) is 0 Å². The van der Waals surface area contributed by atoms with Crippen molar-refractivity contribution in [2.75, 3.05) is 7.05 Å². The van der Waals surface area contributed by atoms with Gasteiger partial charge in [0.15, 0.2) is 0 Å². The molecule has 1 unspecified atom stereocenters. The van der Waals surface area contributed by atoms with Crippen molar-refractivity contribution in [1.82, 2.24) is 5.32 Å². The lowest BCUT2D eigenvalue weighted by Crippen LogP contribution is -2.29. The van der Waals surface area contributed by atoms with Crippen LogP contribution in [0.15, 0.2) is 18.2 Å². The van der Waals surface area contributed by atoms with Crippen molar-refractivity contribution >= 4 is 23.2 Å². The molecule has 0 aromatic heterocycles. The van der Waals surface area contributed by atoms with Gasteiger partial charge in [0, 0.05) is 6.04 Å². The highest BCUT2D eigenvalue weighted by Crippen LogP contribution is 2.38. The summed E-state index contributed by atoms with van der Waals surface area (Å²) >= 11 is 12.2. The van der Waals surface area contributed by atoms with Gasteiger partial charge < -0.3 is 5.32 Å². The van der Waals surface area contributed by atoms with Crippen LogP contribution < -0.4 is 5.32 Å². The fourth-order valence-electron chi connectivity index (χ4n) is 1.80. The van der Waals surface area contributed by atoms with E-state index in [0.29, 0.717) is 10.0 Å². The Kier molecular flexibility index (Phi) is 4.05. The fourth-order valence-corrected chi connectivity index (χ4v) is 2.22. The lowest BCUT2D eigenvalue weighted by molar-refractivity contribution is 0.287. The van der Waals surface area contributed by atoms with Crippen LogP contribution in [0, 0.1) is 5.41 Å². The third-order valence-corrected chi connectivity index (χ3v) is 3.28. The topological polar surface area (TPSA) is 12.0 Å². The van der Waals surface area contributed by atoms with E-state index in [1.54, 1.807) is 0 Å². The number of rotatable bonds is 2. The zero-order valence-corrected chi connectivity index (χ0v) is 11.1. The quantitative estimate of drug-likeness (QED) is 0.820. The molecule has 0 bridgehead atoms. The molecule has 0 aliphatic carbocycles. The van der Waals surface area contributed by atoms with Crippen LogP contribution in [-0.2, 0) is 0 Å². The molecular weight excluding hydrogens is 229 g/mol.